The van der Waals surface area contributed by atoms with Crippen molar-refractivity contribution >= 4 is 70.1 Å². The molecule has 166 valence electrons. The van der Waals surface area contributed by atoms with Crippen molar-refractivity contribution in [3.05, 3.63) is 6.42 Å². The third kappa shape index (κ3) is 10.1. The van der Waals surface area contributed by atoms with Crippen molar-refractivity contribution in [1.82, 2.24) is 10.1 Å². The van der Waals surface area contributed by atoms with Gasteiger partial charge in [-0.25, -0.2) is 9.59 Å². The Morgan fingerprint density at radius 1 is 0.969 bits per heavy atom. The first kappa shape index (κ1) is 32.0. The number of amides is 4. The smallest absolute Gasteiger partial charge is 0.579 e. The molecule has 18 heteroatoms. The first-order chi connectivity index (χ1) is 14.3. The average molecular weight is 528 g/mol. The third-order valence-electron chi connectivity index (χ3n) is 3.37. The molecule has 4 amide bonds. The van der Waals surface area contributed by atoms with Gasteiger partial charge < -0.3 is 31.7 Å². The summed E-state index contributed by atoms with van der Waals surface area (Å²) in [6.07, 6.45) is -0.915. The van der Waals surface area contributed by atoms with Gasteiger partial charge in [0.1, 0.15) is 5.91 Å². The largest absolute Gasteiger partial charge is 1.00 e. The van der Waals surface area contributed by atoms with Crippen LogP contribution in [0.15, 0.2) is 0 Å². The summed E-state index contributed by atoms with van der Waals surface area (Å²) < 4.78 is 3.75. The monoisotopic (exact) mass is 528 g/mol. The number of hydroxylamine groups is 4. The third-order valence-corrected chi connectivity index (χ3v) is 5.84. The first-order valence-electron chi connectivity index (χ1n) is 8.18. The van der Waals surface area contributed by atoms with Gasteiger partial charge in [-0.1, -0.05) is 38.1 Å². The fourth-order valence-electron chi connectivity index (χ4n) is 2.04. The maximum absolute atomic E-state index is 11.8. The van der Waals surface area contributed by atoms with E-state index in [2.05, 4.69) is 32.0 Å². The van der Waals surface area contributed by atoms with Crippen LogP contribution < -0.4 is 59.1 Å². The van der Waals surface area contributed by atoms with Crippen LogP contribution in [-0.2, 0) is 65.6 Å². The number of imide groups is 2. The van der Waals surface area contributed by atoms with Gasteiger partial charge in [0.25, 0.3) is 11.8 Å². The molecule has 1 atom stereocenters. The summed E-state index contributed by atoms with van der Waals surface area (Å²) in [6, 6.07) is 0. The zero-order valence-corrected chi connectivity index (χ0v) is 23.5. The average Bonchev–Trinajstić information content (AvgIpc) is 3.16. The van der Waals surface area contributed by atoms with E-state index in [1.165, 1.54) is 21.6 Å². The SMILES string of the molecule is O=C(CCSSCCC(=O)ON1C(=O)CC(OOO[S-])C1=O)ON1C(=O)[CH-]CC1=O.[Na+].[Na+]. The molecule has 2 rings (SSSR count). The second-order valence-corrected chi connectivity index (χ2v) is 8.29. The Morgan fingerprint density at radius 2 is 1.53 bits per heavy atom. The van der Waals surface area contributed by atoms with Crippen molar-refractivity contribution in [2.75, 3.05) is 11.5 Å². The van der Waals surface area contributed by atoms with E-state index < -0.39 is 48.1 Å². The van der Waals surface area contributed by atoms with Gasteiger partial charge in [0.2, 0.25) is 5.91 Å². The quantitative estimate of drug-likeness (QED) is 0.0344. The summed E-state index contributed by atoms with van der Waals surface area (Å²) in [6.45, 7) is 0. The van der Waals surface area contributed by atoms with Gasteiger partial charge in [0, 0.05) is 11.5 Å². The number of rotatable bonds is 12. The van der Waals surface area contributed by atoms with Crippen molar-refractivity contribution in [1.29, 1.82) is 0 Å². The summed E-state index contributed by atoms with van der Waals surface area (Å²) in [5, 5.41) is 4.66. The Labute approximate surface area is 239 Å². The minimum Gasteiger partial charge on any atom is -0.579 e. The number of hydrogen-bond acceptors (Lipinski definition) is 14. The predicted molar refractivity (Wildman–Crippen MR) is 98.0 cm³/mol. The summed E-state index contributed by atoms with van der Waals surface area (Å²) in [4.78, 5) is 83.2. The predicted octanol–water partition coefficient (Wildman–Crippen LogP) is -6.50. The second kappa shape index (κ2) is 16.6. The molecular weight excluding hydrogens is 514 g/mol. The van der Waals surface area contributed by atoms with Gasteiger partial charge in [0.15, 0.2) is 6.10 Å². The Hall–Kier alpha value is 0.0200. The summed E-state index contributed by atoms with van der Waals surface area (Å²) in [7, 11) is 2.47. The van der Waals surface area contributed by atoms with Crippen LogP contribution >= 0.6 is 21.6 Å². The number of nitrogens with zero attached hydrogens (tertiary/aromatic N) is 2. The molecule has 0 aromatic heterocycles. The minimum absolute atomic E-state index is 0. The summed E-state index contributed by atoms with van der Waals surface area (Å²) >= 11 is 3.98. The van der Waals surface area contributed by atoms with E-state index in [0.29, 0.717) is 10.8 Å². The van der Waals surface area contributed by atoms with E-state index >= 15 is 0 Å². The van der Waals surface area contributed by atoms with Crippen molar-refractivity contribution in [2.45, 2.75) is 31.8 Å². The normalized spacial score (nSPS) is 17.6. The maximum Gasteiger partial charge on any atom is 1.00 e. The number of carbonyl (C=O) groups excluding carboxylic acids is 6. The maximum atomic E-state index is 11.8. The molecule has 32 heavy (non-hydrogen) atoms. The number of carbonyl (C=O) groups is 6. The summed E-state index contributed by atoms with van der Waals surface area (Å²) in [5.74, 6) is -4.02. The van der Waals surface area contributed by atoms with Crippen LogP contribution in [-0.4, -0.2) is 63.3 Å². The second-order valence-electron chi connectivity index (χ2n) is 5.46. The van der Waals surface area contributed by atoms with Gasteiger partial charge in [-0.3, -0.25) is 20.8 Å². The molecule has 0 aromatic carbocycles. The van der Waals surface area contributed by atoms with Crippen LogP contribution in [0.5, 0.6) is 0 Å². The van der Waals surface area contributed by atoms with Gasteiger partial charge >= 0.3 is 71.1 Å². The van der Waals surface area contributed by atoms with E-state index in [9.17, 15) is 28.8 Å². The van der Waals surface area contributed by atoms with Crippen LogP contribution in [0.25, 0.3) is 0 Å². The van der Waals surface area contributed by atoms with E-state index in [1.807, 2.05) is 0 Å². The van der Waals surface area contributed by atoms with Crippen molar-refractivity contribution in [3.63, 3.8) is 0 Å². The zero-order chi connectivity index (χ0) is 22.1. The first-order valence-corrected chi connectivity index (χ1v) is 11.0. The Morgan fingerprint density at radius 3 is 2.03 bits per heavy atom. The van der Waals surface area contributed by atoms with Crippen LogP contribution in [0.4, 0.5) is 0 Å². The van der Waals surface area contributed by atoms with E-state index in [1.54, 1.807) is 0 Å². The molecule has 0 radical (unpaired) electrons. The van der Waals surface area contributed by atoms with Crippen LogP contribution in [0, 0.1) is 6.42 Å². The molecule has 0 aliphatic carbocycles. The minimum atomic E-state index is -1.33. The molecule has 0 N–H and O–H groups in total. The van der Waals surface area contributed by atoms with Crippen molar-refractivity contribution in [3.8, 4) is 0 Å². The van der Waals surface area contributed by atoms with E-state index in [-0.39, 0.29) is 89.2 Å². The molecule has 2 aliphatic heterocycles. The topological polar surface area (TPSA) is 155 Å². The van der Waals surface area contributed by atoms with Crippen LogP contribution in [0.2, 0.25) is 0 Å². The zero-order valence-electron chi connectivity index (χ0n) is 17.0. The Bertz CT molecular complexity index is 714. The van der Waals surface area contributed by atoms with Crippen LogP contribution in [0.1, 0.15) is 25.7 Å². The molecule has 2 fully saturated rings. The molecule has 0 spiro atoms. The Kier molecular flexibility index (Phi) is 16.6. The fraction of sp³-hybridized carbons (Fsp3) is 0.500. The van der Waals surface area contributed by atoms with Crippen molar-refractivity contribution < 1.29 is 112 Å². The van der Waals surface area contributed by atoms with Crippen molar-refractivity contribution in [2.24, 2.45) is 0 Å². The number of hydrogen-bond donors (Lipinski definition) is 0. The fourth-order valence-corrected chi connectivity index (χ4v) is 4.01. The summed E-state index contributed by atoms with van der Waals surface area (Å²) in [5.41, 5.74) is 0. The van der Waals surface area contributed by atoms with E-state index in [0.717, 1.165) is 6.42 Å². The molecule has 0 saturated carbocycles. The molecule has 0 aromatic rings. The van der Waals surface area contributed by atoms with E-state index in [4.69, 9.17) is 4.84 Å². The molecule has 2 aliphatic rings. The standard InChI is InChI=1S/C14H15N2O11S3.2Na/c17-9-1-2-10(18)15(9)23-12(20)3-5-29-30-6-4-13(21)24-16-11(19)7-8(14(16)22)25-26-27-28;;/h1,8,28H,2-7H2;;/q-1;2*+1/p-1. The Balaban J connectivity index is 0.00000480. The molecule has 2 saturated heterocycles. The molecular formula is C14H14N2Na2O11S3. The molecule has 0 bridgehead atoms. The van der Waals surface area contributed by atoms with Crippen LogP contribution in [0.3, 0.4) is 0 Å². The molecule has 13 nitrogen and oxygen atoms in total. The molecule has 1 unspecified atom stereocenters. The van der Waals surface area contributed by atoms with Gasteiger partial charge in [-0.2, -0.15) is 4.89 Å². The molecule has 2 heterocycles. The van der Waals surface area contributed by atoms with Gasteiger partial charge in [-0.05, 0) is 0 Å². The van der Waals surface area contributed by atoms with Gasteiger partial charge in [-0.15, -0.1) is 5.06 Å². The van der Waals surface area contributed by atoms with Gasteiger partial charge in [0.05, 0.1) is 19.3 Å².